The normalized spacial score (nSPS) is 23.6. The molecule has 8 heteroatoms. The molecule has 40 heavy (non-hydrogen) atoms. The molecule has 1 atom stereocenters. The second kappa shape index (κ2) is 10.9. The molecule has 1 saturated carbocycles. The van der Waals surface area contributed by atoms with Crippen molar-refractivity contribution in [2.24, 2.45) is 0 Å². The molecule has 4 aliphatic rings. The third kappa shape index (κ3) is 4.76. The number of hydrogen-bond donors (Lipinski definition) is 2. The number of piperazine rings is 1. The van der Waals surface area contributed by atoms with E-state index in [4.69, 9.17) is 4.74 Å². The quantitative estimate of drug-likeness (QED) is 0.605. The number of fused-ring (bicyclic) bond motifs is 2. The molecule has 8 nitrogen and oxygen atoms in total. The van der Waals surface area contributed by atoms with E-state index in [-0.39, 0.29) is 36.5 Å². The molecule has 2 amide bonds. The van der Waals surface area contributed by atoms with Gasteiger partial charge in [0.2, 0.25) is 0 Å². The van der Waals surface area contributed by atoms with Crippen molar-refractivity contribution >= 4 is 17.5 Å². The van der Waals surface area contributed by atoms with Crippen LogP contribution >= 0.6 is 0 Å². The number of nitrogens with one attached hydrogen (secondary N) is 1. The van der Waals surface area contributed by atoms with E-state index in [0.717, 1.165) is 42.5 Å². The number of carbonyl (C=O) groups excluding carboxylic acids is 2. The van der Waals surface area contributed by atoms with Crippen LogP contribution in [0.2, 0.25) is 0 Å². The molecule has 2 aromatic rings. The molecule has 2 aromatic carbocycles. The monoisotopic (exact) mass is 542 g/mol. The van der Waals surface area contributed by atoms with Gasteiger partial charge in [-0.2, -0.15) is 5.26 Å². The van der Waals surface area contributed by atoms with Gasteiger partial charge < -0.3 is 25.0 Å². The Morgan fingerprint density at radius 2 is 1.48 bits per heavy atom. The van der Waals surface area contributed by atoms with Crippen LogP contribution in [0, 0.1) is 11.3 Å². The zero-order valence-corrected chi connectivity index (χ0v) is 23.0. The number of amides is 2. The molecule has 1 unspecified atom stereocenters. The number of nitriles is 1. The Balaban J connectivity index is 1.16. The summed E-state index contributed by atoms with van der Waals surface area (Å²) in [5.41, 5.74) is 3.56. The van der Waals surface area contributed by atoms with E-state index in [0.29, 0.717) is 31.7 Å². The number of benzene rings is 2. The maximum absolute atomic E-state index is 13.2. The van der Waals surface area contributed by atoms with Crippen molar-refractivity contribution in [1.29, 1.82) is 5.26 Å². The average molecular weight is 543 g/mol. The molecule has 3 fully saturated rings. The SMILES string of the molecule is N#CC1Nc2ccc(-c3ccc(C(=O)N4CCN(C(=O)C5(O)COC5)CC4)cc3)cc2C12CCCCCCCC2. The van der Waals surface area contributed by atoms with Crippen LogP contribution in [0.3, 0.4) is 0 Å². The van der Waals surface area contributed by atoms with Crippen molar-refractivity contribution in [3.63, 3.8) is 0 Å². The van der Waals surface area contributed by atoms with Crippen LogP contribution in [0.25, 0.3) is 11.1 Å². The van der Waals surface area contributed by atoms with Crippen molar-refractivity contribution < 1.29 is 19.4 Å². The molecule has 1 aliphatic carbocycles. The van der Waals surface area contributed by atoms with Crippen molar-refractivity contribution in [2.75, 3.05) is 44.7 Å². The summed E-state index contributed by atoms with van der Waals surface area (Å²) in [6, 6.07) is 16.6. The summed E-state index contributed by atoms with van der Waals surface area (Å²) in [4.78, 5) is 29.2. The highest BCUT2D eigenvalue weighted by Crippen LogP contribution is 2.49. The maximum atomic E-state index is 13.2. The second-order valence-corrected chi connectivity index (χ2v) is 11.9. The fourth-order valence-corrected chi connectivity index (χ4v) is 6.95. The van der Waals surface area contributed by atoms with Gasteiger partial charge in [-0.05, 0) is 53.8 Å². The van der Waals surface area contributed by atoms with Gasteiger partial charge in [0, 0.05) is 42.8 Å². The summed E-state index contributed by atoms with van der Waals surface area (Å²) in [6.07, 6.45) is 9.40. The second-order valence-electron chi connectivity index (χ2n) is 11.9. The first-order chi connectivity index (χ1) is 19.4. The summed E-state index contributed by atoms with van der Waals surface area (Å²) in [7, 11) is 0. The minimum absolute atomic E-state index is 0.0396. The Morgan fingerprint density at radius 1 is 0.875 bits per heavy atom. The van der Waals surface area contributed by atoms with E-state index in [1.165, 1.54) is 31.2 Å². The fraction of sp³-hybridized carbons (Fsp3) is 0.531. The van der Waals surface area contributed by atoms with Gasteiger partial charge in [0.15, 0.2) is 5.60 Å². The van der Waals surface area contributed by atoms with Gasteiger partial charge in [-0.1, -0.05) is 56.7 Å². The van der Waals surface area contributed by atoms with Crippen LogP contribution in [0.15, 0.2) is 42.5 Å². The highest BCUT2D eigenvalue weighted by Gasteiger charge is 2.47. The molecule has 2 saturated heterocycles. The lowest BCUT2D eigenvalue weighted by Gasteiger charge is -2.42. The maximum Gasteiger partial charge on any atom is 0.259 e. The smallest absolute Gasteiger partial charge is 0.259 e. The van der Waals surface area contributed by atoms with Gasteiger partial charge in [-0.25, -0.2) is 0 Å². The molecular weight excluding hydrogens is 504 g/mol. The van der Waals surface area contributed by atoms with Crippen LogP contribution < -0.4 is 5.32 Å². The first-order valence-electron chi connectivity index (χ1n) is 14.7. The lowest BCUT2D eigenvalue weighted by atomic mass is 9.70. The van der Waals surface area contributed by atoms with Crippen LogP contribution in [-0.2, 0) is 14.9 Å². The number of anilines is 1. The molecule has 3 aliphatic heterocycles. The third-order valence-corrected chi connectivity index (χ3v) is 9.43. The average Bonchev–Trinajstić information content (AvgIpc) is 3.35. The minimum Gasteiger partial charge on any atom is -0.376 e. The van der Waals surface area contributed by atoms with Crippen LogP contribution in [0.5, 0.6) is 0 Å². The van der Waals surface area contributed by atoms with Gasteiger partial charge in [0.25, 0.3) is 11.8 Å². The zero-order valence-electron chi connectivity index (χ0n) is 23.0. The molecule has 2 N–H and O–H groups in total. The molecule has 0 aromatic heterocycles. The molecule has 1 spiro atoms. The zero-order chi connectivity index (χ0) is 27.7. The van der Waals surface area contributed by atoms with Crippen LogP contribution in [0.4, 0.5) is 5.69 Å². The van der Waals surface area contributed by atoms with Gasteiger partial charge in [0.05, 0.1) is 19.3 Å². The first kappa shape index (κ1) is 26.8. The van der Waals surface area contributed by atoms with E-state index < -0.39 is 5.60 Å². The Labute approximate surface area is 235 Å². The predicted molar refractivity (Wildman–Crippen MR) is 152 cm³/mol. The summed E-state index contributed by atoms with van der Waals surface area (Å²) in [6.45, 7) is 1.75. The number of nitrogens with zero attached hydrogens (tertiary/aromatic N) is 3. The van der Waals surface area contributed by atoms with E-state index in [1.54, 1.807) is 9.80 Å². The summed E-state index contributed by atoms with van der Waals surface area (Å²) in [5.74, 6) is -0.360. The molecular formula is C32H38N4O4. The third-order valence-electron chi connectivity index (χ3n) is 9.43. The Morgan fingerprint density at radius 3 is 2.08 bits per heavy atom. The number of hydrogen-bond acceptors (Lipinski definition) is 6. The van der Waals surface area contributed by atoms with Gasteiger partial charge in [0.1, 0.15) is 6.04 Å². The van der Waals surface area contributed by atoms with Gasteiger partial charge in [-0.15, -0.1) is 0 Å². The number of aliphatic hydroxyl groups is 1. The summed E-state index contributed by atoms with van der Waals surface area (Å²) >= 11 is 0. The number of rotatable bonds is 3. The summed E-state index contributed by atoms with van der Waals surface area (Å²) < 4.78 is 5.01. The summed E-state index contributed by atoms with van der Waals surface area (Å²) in [5, 5.41) is 23.9. The Hall–Kier alpha value is -3.41. The fourth-order valence-electron chi connectivity index (χ4n) is 6.95. The van der Waals surface area contributed by atoms with E-state index in [1.807, 2.05) is 24.3 Å². The molecule has 6 rings (SSSR count). The van der Waals surface area contributed by atoms with Crippen LogP contribution in [0.1, 0.15) is 67.3 Å². The Bertz CT molecular complexity index is 1300. The van der Waals surface area contributed by atoms with Crippen molar-refractivity contribution in [3.8, 4) is 17.2 Å². The Kier molecular flexibility index (Phi) is 7.28. The minimum atomic E-state index is -1.40. The lowest BCUT2D eigenvalue weighted by molar-refractivity contribution is -0.201. The first-order valence-corrected chi connectivity index (χ1v) is 14.7. The molecule has 210 valence electrons. The number of carbonyl (C=O) groups is 2. The van der Waals surface area contributed by atoms with E-state index in [2.05, 4.69) is 29.6 Å². The highest BCUT2D eigenvalue weighted by molar-refractivity contribution is 5.95. The highest BCUT2D eigenvalue weighted by atomic mass is 16.5. The van der Waals surface area contributed by atoms with Gasteiger partial charge >= 0.3 is 0 Å². The standard InChI is InChI=1S/C32H38N4O4/c33-20-28-31(13-5-3-1-2-4-6-14-31)26-19-25(11-12-27(26)34-28)23-7-9-24(10-8-23)29(37)35-15-17-36(18-16-35)30(38)32(39)21-40-22-32/h7-12,19,28,34,39H,1-6,13-18,21-22H2. The lowest BCUT2D eigenvalue weighted by Crippen LogP contribution is -2.64. The van der Waals surface area contributed by atoms with Crippen molar-refractivity contribution in [1.82, 2.24) is 9.80 Å². The van der Waals surface area contributed by atoms with E-state index >= 15 is 0 Å². The largest absolute Gasteiger partial charge is 0.376 e. The van der Waals surface area contributed by atoms with Crippen molar-refractivity contribution in [3.05, 3.63) is 53.6 Å². The topological polar surface area (TPSA) is 106 Å². The molecule has 3 heterocycles. The molecule has 0 radical (unpaired) electrons. The van der Waals surface area contributed by atoms with Crippen molar-refractivity contribution in [2.45, 2.75) is 68.4 Å². The molecule has 0 bridgehead atoms. The number of ether oxygens (including phenoxy) is 1. The van der Waals surface area contributed by atoms with Gasteiger partial charge in [-0.3, -0.25) is 9.59 Å². The van der Waals surface area contributed by atoms with E-state index in [9.17, 15) is 20.0 Å². The predicted octanol–water partition coefficient (Wildman–Crippen LogP) is 4.09. The van der Waals surface area contributed by atoms with Crippen LogP contribution in [-0.4, -0.2) is 77.8 Å².